The molecule has 2 heterocycles. The van der Waals surface area contributed by atoms with Crippen LogP contribution in [0.4, 0.5) is 0 Å². The monoisotopic (exact) mass is 360 g/mol. The molecule has 1 aromatic heterocycles. The van der Waals surface area contributed by atoms with E-state index in [0.717, 1.165) is 44.9 Å². The fraction of sp³-hybridized carbons (Fsp3) is 0.737. The molecule has 1 unspecified atom stereocenters. The number of hydrogen-bond donors (Lipinski definition) is 2. The maximum absolute atomic E-state index is 12.2. The van der Waals surface area contributed by atoms with Crippen molar-refractivity contribution in [1.29, 1.82) is 0 Å². The maximum Gasteiger partial charge on any atom is 0.242 e. The van der Waals surface area contributed by atoms with Crippen molar-refractivity contribution in [3.8, 4) is 0 Å². The molecule has 144 valence electrons. The maximum atomic E-state index is 12.2. The Morgan fingerprint density at radius 2 is 2.12 bits per heavy atom. The molecule has 0 radical (unpaired) electrons. The van der Waals surface area contributed by atoms with Gasteiger partial charge in [-0.05, 0) is 31.7 Å². The Labute approximate surface area is 156 Å². The summed E-state index contributed by atoms with van der Waals surface area (Å²) in [7, 11) is 1.95. The minimum atomic E-state index is 0.0373. The van der Waals surface area contributed by atoms with Crippen LogP contribution in [0.1, 0.15) is 56.9 Å². The Bertz CT molecular complexity index is 619. The van der Waals surface area contributed by atoms with Gasteiger partial charge in [-0.2, -0.15) is 5.10 Å². The summed E-state index contributed by atoms with van der Waals surface area (Å²) in [5.41, 5.74) is 1.28. The summed E-state index contributed by atoms with van der Waals surface area (Å²) in [5.74, 6) is 1.36. The molecule has 2 fully saturated rings. The molecule has 0 aromatic carbocycles. The number of nitrogens with zero attached hydrogens (tertiary/aromatic N) is 4. The normalized spacial score (nSPS) is 21.8. The molecule has 1 saturated heterocycles. The first kappa shape index (κ1) is 18.7. The number of hydrogen-bond acceptors (Lipinski definition) is 3. The van der Waals surface area contributed by atoms with E-state index in [1.807, 2.05) is 17.9 Å². The Morgan fingerprint density at radius 3 is 2.81 bits per heavy atom. The fourth-order valence-corrected chi connectivity index (χ4v) is 3.97. The van der Waals surface area contributed by atoms with Gasteiger partial charge in [-0.25, -0.2) is 4.99 Å². The minimum absolute atomic E-state index is 0.0373. The van der Waals surface area contributed by atoms with E-state index in [-0.39, 0.29) is 12.5 Å². The number of rotatable bonds is 5. The lowest BCUT2D eigenvalue weighted by molar-refractivity contribution is -0.120. The number of guanidine groups is 1. The highest BCUT2D eigenvalue weighted by molar-refractivity contribution is 5.85. The highest BCUT2D eigenvalue weighted by Crippen LogP contribution is 2.26. The SMILES string of the molecule is CCNC(=NCC(=O)NC1CCCCC1)N1CCC(c2cnn(C)c2)C1. The van der Waals surface area contributed by atoms with E-state index in [1.54, 1.807) is 0 Å². The molecule has 1 saturated carbocycles. The molecule has 0 bridgehead atoms. The Hall–Kier alpha value is -2.05. The highest BCUT2D eigenvalue weighted by atomic mass is 16.1. The van der Waals surface area contributed by atoms with Gasteiger partial charge < -0.3 is 15.5 Å². The molecule has 3 rings (SSSR count). The van der Waals surface area contributed by atoms with E-state index < -0.39 is 0 Å². The van der Waals surface area contributed by atoms with Gasteiger partial charge in [0.25, 0.3) is 0 Å². The van der Waals surface area contributed by atoms with Gasteiger partial charge >= 0.3 is 0 Å². The van der Waals surface area contributed by atoms with E-state index in [1.165, 1.54) is 24.8 Å². The van der Waals surface area contributed by atoms with Crippen molar-refractivity contribution >= 4 is 11.9 Å². The van der Waals surface area contributed by atoms with Crippen LogP contribution in [0.15, 0.2) is 17.4 Å². The van der Waals surface area contributed by atoms with Crippen LogP contribution in [0.5, 0.6) is 0 Å². The van der Waals surface area contributed by atoms with Crippen molar-refractivity contribution in [3.63, 3.8) is 0 Å². The van der Waals surface area contributed by atoms with Crippen LogP contribution in [0.25, 0.3) is 0 Å². The van der Waals surface area contributed by atoms with E-state index >= 15 is 0 Å². The fourth-order valence-electron chi connectivity index (χ4n) is 3.97. The van der Waals surface area contributed by atoms with Gasteiger partial charge in [-0.15, -0.1) is 0 Å². The number of aryl methyl sites for hydroxylation is 1. The highest BCUT2D eigenvalue weighted by Gasteiger charge is 2.27. The Morgan fingerprint density at radius 1 is 1.31 bits per heavy atom. The van der Waals surface area contributed by atoms with Crippen molar-refractivity contribution in [2.45, 2.75) is 57.4 Å². The van der Waals surface area contributed by atoms with Crippen LogP contribution in [0.2, 0.25) is 0 Å². The lowest BCUT2D eigenvalue weighted by Crippen LogP contribution is -2.42. The second-order valence-electron chi connectivity index (χ2n) is 7.45. The molecule has 7 nitrogen and oxygen atoms in total. The van der Waals surface area contributed by atoms with E-state index in [2.05, 4.69) is 38.7 Å². The lowest BCUT2D eigenvalue weighted by atomic mass is 9.95. The third-order valence-corrected chi connectivity index (χ3v) is 5.36. The van der Waals surface area contributed by atoms with Gasteiger partial charge in [0.1, 0.15) is 6.54 Å². The molecule has 2 N–H and O–H groups in total. The van der Waals surface area contributed by atoms with Crippen LogP contribution in [-0.4, -0.2) is 58.8 Å². The molecule has 1 atom stereocenters. The first-order valence-electron chi connectivity index (χ1n) is 9.97. The van der Waals surface area contributed by atoms with Crippen molar-refractivity contribution < 1.29 is 4.79 Å². The summed E-state index contributed by atoms with van der Waals surface area (Å²) in [6, 6.07) is 0.343. The predicted molar refractivity (Wildman–Crippen MR) is 103 cm³/mol. The first-order chi connectivity index (χ1) is 12.7. The second-order valence-corrected chi connectivity index (χ2v) is 7.45. The first-order valence-corrected chi connectivity index (χ1v) is 9.97. The Balaban J connectivity index is 1.54. The number of aromatic nitrogens is 2. The van der Waals surface area contributed by atoms with Crippen LogP contribution in [0.3, 0.4) is 0 Å². The molecule has 2 aliphatic rings. The van der Waals surface area contributed by atoms with Crippen molar-refractivity contribution in [3.05, 3.63) is 18.0 Å². The van der Waals surface area contributed by atoms with Crippen molar-refractivity contribution in [2.75, 3.05) is 26.2 Å². The molecule has 26 heavy (non-hydrogen) atoms. The number of amides is 1. The van der Waals surface area contributed by atoms with Gasteiger partial charge in [-0.3, -0.25) is 9.48 Å². The average Bonchev–Trinajstić information content (AvgIpc) is 3.28. The largest absolute Gasteiger partial charge is 0.357 e. The number of nitrogens with one attached hydrogen (secondary N) is 2. The molecular weight excluding hydrogens is 328 g/mol. The van der Waals surface area contributed by atoms with Crippen molar-refractivity contribution in [1.82, 2.24) is 25.3 Å². The molecule has 0 spiro atoms. The van der Waals surface area contributed by atoms with Gasteiger partial charge in [-0.1, -0.05) is 19.3 Å². The molecule has 7 heteroatoms. The van der Waals surface area contributed by atoms with E-state index in [4.69, 9.17) is 0 Å². The molecular formula is C19H32N6O. The molecule has 1 aliphatic carbocycles. The predicted octanol–water partition coefficient (Wildman–Crippen LogP) is 1.62. The number of carbonyl (C=O) groups excluding carboxylic acids is 1. The summed E-state index contributed by atoms with van der Waals surface area (Å²) < 4.78 is 1.85. The summed E-state index contributed by atoms with van der Waals surface area (Å²) in [4.78, 5) is 19.1. The third-order valence-electron chi connectivity index (χ3n) is 5.36. The van der Waals surface area contributed by atoms with E-state index in [9.17, 15) is 4.79 Å². The van der Waals surface area contributed by atoms with E-state index in [0.29, 0.717) is 12.0 Å². The van der Waals surface area contributed by atoms with Gasteiger partial charge in [0.2, 0.25) is 5.91 Å². The van der Waals surface area contributed by atoms with Crippen LogP contribution >= 0.6 is 0 Å². The Kier molecular flexibility index (Phi) is 6.52. The summed E-state index contributed by atoms with van der Waals surface area (Å²) in [5, 5.41) is 10.8. The number of likely N-dealkylation sites (tertiary alicyclic amines) is 1. The topological polar surface area (TPSA) is 74.6 Å². The van der Waals surface area contributed by atoms with Gasteiger partial charge in [0.15, 0.2) is 5.96 Å². The quantitative estimate of drug-likeness (QED) is 0.618. The van der Waals surface area contributed by atoms with Gasteiger partial charge in [0, 0.05) is 44.8 Å². The number of carbonyl (C=O) groups is 1. The summed E-state index contributed by atoms with van der Waals surface area (Å²) in [6.07, 6.45) is 11.1. The third kappa shape index (κ3) is 4.99. The van der Waals surface area contributed by atoms with Crippen LogP contribution in [-0.2, 0) is 11.8 Å². The zero-order valence-electron chi connectivity index (χ0n) is 16.1. The van der Waals surface area contributed by atoms with Gasteiger partial charge in [0.05, 0.1) is 6.20 Å². The summed E-state index contributed by atoms with van der Waals surface area (Å²) >= 11 is 0. The van der Waals surface area contributed by atoms with Crippen molar-refractivity contribution in [2.24, 2.45) is 12.0 Å². The zero-order valence-corrected chi connectivity index (χ0v) is 16.1. The van der Waals surface area contributed by atoms with Crippen LogP contribution < -0.4 is 10.6 Å². The molecule has 1 aliphatic heterocycles. The average molecular weight is 361 g/mol. The second kappa shape index (κ2) is 9.05. The number of aliphatic imine (C=N–C) groups is 1. The smallest absolute Gasteiger partial charge is 0.242 e. The summed E-state index contributed by atoms with van der Waals surface area (Å²) in [6.45, 7) is 4.94. The standard InChI is InChI=1S/C19H32N6O/c1-3-20-19(21-12-18(26)23-17-7-5-4-6-8-17)25-10-9-15(14-25)16-11-22-24(2)13-16/h11,13,15,17H,3-10,12,14H2,1-2H3,(H,20,21)(H,23,26). The van der Waals surface area contributed by atoms with Crippen LogP contribution in [0, 0.1) is 0 Å². The lowest BCUT2D eigenvalue weighted by Gasteiger charge is -2.23. The molecule has 1 amide bonds. The minimum Gasteiger partial charge on any atom is -0.357 e. The zero-order chi connectivity index (χ0) is 18.4. The molecule has 1 aromatic rings.